The first kappa shape index (κ1) is 12.3. The molecule has 0 amide bonds. The van der Waals surface area contributed by atoms with Gasteiger partial charge in [0.05, 0.1) is 10.7 Å². The molecule has 0 bridgehead atoms. The Labute approximate surface area is 105 Å². The molecule has 0 saturated heterocycles. The van der Waals surface area contributed by atoms with Gasteiger partial charge in [0, 0.05) is 30.7 Å². The van der Waals surface area contributed by atoms with E-state index in [0.717, 1.165) is 29.5 Å². The van der Waals surface area contributed by atoms with E-state index in [-0.39, 0.29) is 0 Å². The fourth-order valence-electron chi connectivity index (χ4n) is 1.84. The minimum Gasteiger partial charge on any atom is -0.385 e. The summed E-state index contributed by atoms with van der Waals surface area (Å²) in [6.07, 6.45) is 4.64. The highest BCUT2D eigenvalue weighted by atomic mass is 32.1. The number of hydrogen-bond acceptors (Lipinski definition) is 4. The zero-order valence-electron chi connectivity index (χ0n) is 10.1. The van der Waals surface area contributed by atoms with Crippen LogP contribution < -0.4 is 0 Å². The van der Waals surface area contributed by atoms with E-state index < -0.39 is 6.10 Å². The van der Waals surface area contributed by atoms with Gasteiger partial charge in [-0.05, 0) is 13.3 Å². The van der Waals surface area contributed by atoms with E-state index in [9.17, 15) is 5.11 Å². The Bertz CT molecular complexity index is 478. The largest absolute Gasteiger partial charge is 0.385 e. The lowest BCUT2D eigenvalue weighted by molar-refractivity contribution is 0.162. The maximum Gasteiger partial charge on any atom is 0.138 e. The first-order valence-electron chi connectivity index (χ1n) is 5.80. The topological polar surface area (TPSA) is 50.9 Å². The van der Waals surface area contributed by atoms with E-state index in [2.05, 4.69) is 16.9 Å². The molecule has 1 N–H and O–H groups in total. The molecule has 0 aliphatic heterocycles. The summed E-state index contributed by atoms with van der Waals surface area (Å²) in [5.41, 5.74) is 0.936. The number of aliphatic hydroxyl groups excluding tert-OH is 1. The van der Waals surface area contributed by atoms with Crippen LogP contribution in [-0.2, 0) is 13.0 Å². The highest BCUT2D eigenvalue weighted by Gasteiger charge is 2.15. The number of rotatable bonds is 5. The lowest BCUT2D eigenvalue weighted by atomic mass is 10.2. The molecule has 2 aromatic heterocycles. The fraction of sp³-hybridized carbons (Fsp3) is 0.500. The molecular formula is C12H17N3OS. The third-order valence-corrected chi connectivity index (χ3v) is 3.40. The maximum absolute atomic E-state index is 10.2. The van der Waals surface area contributed by atoms with Crippen molar-refractivity contribution in [1.29, 1.82) is 0 Å². The SMILES string of the molecule is CCCn1ccnc1C(O)Cc1csc(C)n1. The van der Waals surface area contributed by atoms with Gasteiger partial charge >= 0.3 is 0 Å². The van der Waals surface area contributed by atoms with Crippen molar-refractivity contribution in [1.82, 2.24) is 14.5 Å². The standard InChI is InChI=1S/C12H17N3OS/c1-3-5-15-6-4-13-12(15)11(16)7-10-8-17-9(2)14-10/h4,6,8,11,16H,3,5,7H2,1-2H3. The maximum atomic E-state index is 10.2. The molecule has 1 unspecified atom stereocenters. The van der Waals surface area contributed by atoms with Crippen molar-refractivity contribution in [2.24, 2.45) is 0 Å². The third kappa shape index (κ3) is 2.92. The minimum atomic E-state index is -0.571. The summed E-state index contributed by atoms with van der Waals surface area (Å²) in [6, 6.07) is 0. The van der Waals surface area contributed by atoms with Gasteiger partial charge in [0.25, 0.3) is 0 Å². The van der Waals surface area contributed by atoms with Gasteiger partial charge in [0.15, 0.2) is 0 Å². The van der Waals surface area contributed by atoms with Crippen molar-refractivity contribution in [3.63, 3.8) is 0 Å². The zero-order chi connectivity index (χ0) is 12.3. The molecule has 0 radical (unpaired) electrons. The van der Waals surface area contributed by atoms with Crippen molar-refractivity contribution in [3.05, 3.63) is 34.3 Å². The van der Waals surface area contributed by atoms with Crippen LogP contribution in [0.5, 0.6) is 0 Å². The van der Waals surface area contributed by atoms with Gasteiger partial charge < -0.3 is 9.67 Å². The van der Waals surface area contributed by atoms with E-state index in [1.165, 1.54) is 0 Å². The number of imidazole rings is 1. The first-order chi connectivity index (χ1) is 8.20. The molecule has 92 valence electrons. The molecule has 1 atom stereocenters. The van der Waals surface area contributed by atoms with Gasteiger partial charge in [-0.25, -0.2) is 9.97 Å². The molecule has 2 aromatic rings. The summed E-state index contributed by atoms with van der Waals surface area (Å²) in [5.74, 6) is 0.734. The molecule has 0 aromatic carbocycles. The van der Waals surface area contributed by atoms with Crippen LogP contribution in [0, 0.1) is 6.92 Å². The molecular weight excluding hydrogens is 234 g/mol. The van der Waals surface area contributed by atoms with Crippen LogP contribution in [0.3, 0.4) is 0 Å². The van der Waals surface area contributed by atoms with Crippen LogP contribution in [0.25, 0.3) is 0 Å². The third-order valence-electron chi connectivity index (χ3n) is 2.58. The predicted molar refractivity (Wildman–Crippen MR) is 68.0 cm³/mol. The molecule has 0 aliphatic rings. The second-order valence-electron chi connectivity index (χ2n) is 4.06. The number of aromatic nitrogens is 3. The van der Waals surface area contributed by atoms with E-state index in [4.69, 9.17) is 0 Å². The number of aryl methyl sites for hydroxylation is 2. The molecule has 0 saturated carbocycles. The van der Waals surface area contributed by atoms with Gasteiger partial charge in [0.2, 0.25) is 0 Å². The summed E-state index contributed by atoms with van der Waals surface area (Å²) in [5, 5.41) is 13.2. The second-order valence-corrected chi connectivity index (χ2v) is 5.12. The van der Waals surface area contributed by atoms with Crippen molar-refractivity contribution in [3.8, 4) is 0 Å². The Morgan fingerprint density at radius 3 is 3.00 bits per heavy atom. The fourth-order valence-corrected chi connectivity index (χ4v) is 2.46. The summed E-state index contributed by atoms with van der Waals surface area (Å²) >= 11 is 1.61. The number of thiazole rings is 1. The Balaban J connectivity index is 2.08. The van der Waals surface area contributed by atoms with Crippen LogP contribution in [0.1, 0.15) is 36.0 Å². The van der Waals surface area contributed by atoms with Gasteiger partial charge in [-0.3, -0.25) is 0 Å². The molecule has 0 fully saturated rings. The van der Waals surface area contributed by atoms with Gasteiger partial charge in [-0.15, -0.1) is 11.3 Å². The number of nitrogens with zero attached hydrogens (tertiary/aromatic N) is 3. The molecule has 2 rings (SSSR count). The average molecular weight is 251 g/mol. The second kappa shape index (κ2) is 5.42. The Morgan fingerprint density at radius 2 is 2.35 bits per heavy atom. The quantitative estimate of drug-likeness (QED) is 0.887. The summed E-state index contributed by atoms with van der Waals surface area (Å²) < 4.78 is 2.00. The Hall–Kier alpha value is -1.20. The van der Waals surface area contributed by atoms with E-state index in [1.807, 2.05) is 23.1 Å². The van der Waals surface area contributed by atoms with Crippen LogP contribution >= 0.6 is 11.3 Å². The van der Waals surface area contributed by atoms with E-state index in [1.54, 1.807) is 17.5 Å². The highest BCUT2D eigenvalue weighted by Crippen LogP contribution is 2.18. The van der Waals surface area contributed by atoms with Crippen LogP contribution in [0.2, 0.25) is 0 Å². The first-order valence-corrected chi connectivity index (χ1v) is 6.68. The normalized spacial score (nSPS) is 12.9. The predicted octanol–water partition coefficient (Wildman–Crippen LogP) is 2.33. The Morgan fingerprint density at radius 1 is 1.53 bits per heavy atom. The van der Waals surface area contributed by atoms with Gasteiger partial charge in [0.1, 0.15) is 11.9 Å². The van der Waals surface area contributed by atoms with Crippen LogP contribution in [-0.4, -0.2) is 19.6 Å². The molecule has 4 nitrogen and oxygen atoms in total. The average Bonchev–Trinajstić information content (AvgIpc) is 2.88. The monoisotopic (exact) mass is 251 g/mol. The van der Waals surface area contributed by atoms with Crippen molar-refractivity contribution >= 4 is 11.3 Å². The molecule has 17 heavy (non-hydrogen) atoms. The smallest absolute Gasteiger partial charge is 0.138 e. The summed E-state index contributed by atoms with van der Waals surface area (Å²) in [6.45, 7) is 4.97. The molecule has 5 heteroatoms. The molecule has 2 heterocycles. The van der Waals surface area contributed by atoms with Crippen molar-refractivity contribution in [2.45, 2.75) is 39.3 Å². The summed E-state index contributed by atoms with van der Waals surface area (Å²) in [4.78, 5) is 8.58. The lowest BCUT2D eigenvalue weighted by Crippen LogP contribution is -2.11. The van der Waals surface area contributed by atoms with Crippen molar-refractivity contribution < 1.29 is 5.11 Å². The van der Waals surface area contributed by atoms with E-state index >= 15 is 0 Å². The number of aliphatic hydroxyl groups is 1. The highest BCUT2D eigenvalue weighted by molar-refractivity contribution is 7.09. The lowest BCUT2D eigenvalue weighted by Gasteiger charge is -2.11. The molecule has 0 spiro atoms. The zero-order valence-corrected chi connectivity index (χ0v) is 10.9. The van der Waals surface area contributed by atoms with Crippen LogP contribution in [0.4, 0.5) is 0 Å². The number of hydrogen-bond donors (Lipinski definition) is 1. The van der Waals surface area contributed by atoms with Crippen molar-refractivity contribution in [2.75, 3.05) is 0 Å². The summed E-state index contributed by atoms with van der Waals surface area (Å²) in [7, 11) is 0. The van der Waals surface area contributed by atoms with Crippen LogP contribution in [0.15, 0.2) is 17.8 Å². The van der Waals surface area contributed by atoms with Gasteiger partial charge in [-0.1, -0.05) is 6.92 Å². The Kier molecular flexibility index (Phi) is 3.91. The van der Waals surface area contributed by atoms with E-state index in [0.29, 0.717) is 6.42 Å². The van der Waals surface area contributed by atoms with Gasteiger partial charge in [-0.2, -0.15) is 0 Å². The minimum absolute atomic E-state index is 0.533. The molecule has 0 aliphatic carbocycles.